The van der Waals surface area contributed by atoms with Crippen molar-refractivity contribution in [2.24, 2.45) is 5.92 Å². The summed E-state index contributed by atoms with van der Waals surface area (Å²) in [7, 11) is 0. The molecule has 0 saturated carbocycles. The van der Waals surface area contributed by atoms with Gasteiger partial charge in [0.2, 0.25) is 0 Å². The largest absolute Gasteiger partial charge is 0.458 e. The molecule has 5 heteroatoms. The van der Waals surface area contributed by atoms with Gasteiger partial charge in [0.05, 0.1) is 0 Å². The molecule has 3 saturated heterocycles. The zero-order valence-corrected chi connectivity index (χ0v) is 15.2. The van der Waals surface area contributed by atoms with Crippen LogP contribution in [0.1, 0.15) is 24.8 Å². The van der Waals surface area contributed by atoms with E-state index in [0.717, 1.165) is 32.5 Å². The van der Waals surface area contributed by atoms with Crippen LogP contribution in [0.3, 0.4) is 0 Å². The Morgan fingerprint density at radius 3 is 2.61 bits per heavy atom. The third kappa shape index (κ3) is 3.61. The molecule has 2 atom stereocenters. The van der Waals surface area contributed by atoms with Gasteiger partial charge < -0.3 is 9.84 Å². The molecule has 3 aliphatic rings. The summed E-state index contributed by atoms with van der Waals surface area (Å²) in [6, 6.07) is 9.08. The number of ether oxygens (including phenoxy) is 1. The number of hydrogen-bond donors (Lipinski definition) is 1. The summed E-state index contributed by atoms with van der Waals surface area (Å²) in [6.07, 6.45) is 4.08. The first kappa shape index (κ1) is 16.9. The molecule has 23 heavy (non-hydrogen) atoms. The second-order valence-electron chi connectivity index (χ2n) is 6.37. The maximum atomic E-state index is 12.8. The maximum absolute atomic E-state index is 12.8. The van der Waals surface area contributed by atoms with Crippen LogP contribution < -0.4 is 0 Å². The van der Waals surface area contributed by atoms with Crippen LogP contribution in [0.15, 0.2) is 40.5 Å². The number of hydrogen-bond acceptors (Lipinski definition) is 4. The van der Waals surface area contributed by atoms with Gasteiger partial charge in [0, 0.05) is 13.0 Å². The van der Waals surface area contributed by atoms with Gasteiger partial charge >= 0.3 is 5.97 Å². The third-order valence-electron chi connectivity index (χ3n) is 4.95. The van der Waals surface area contributed by atoms with E-state index < -0.39 is 11.6 Å². The lowest BCUT2D eigenvalue weighted by Gasteiger charge is -2.44. The first-order chi connectivity index (χ1) is 11.1. The van der Waals surface area contributed by atoms with E-state index in [0.29, 0.717) is 11.5 Å². The van der Waals surface area contributed by atoms with E-state index in [1.54, 1.807) is 18.2 Å². The van der Waals surface area contributed by atoms with Crippen LogP contribution in [-0.4, -0.2) is 41.7 Å². The second-order valence-corrected chi connectivity index (χ2v) is 7.09. The quantitative estimate of drug-likeness (QED) is 0.583. The third-order valence-corrected chi connectivity index (χ3v) is 5.45. The molecule has 0 radical (unpaired) electrons. The van der Waals surface area contributed by atoms with E-state index in [1.165, 1.54) is 0 Å². The highest BCUT2D eigenvalue weighted by Crippen LogP contribution is 2.33. The molecule has 1 aromatic carbocycles. The van der Waals surface area contributed by atoms with Gasteiger partial charge in [-0.25, -0.2) is 4.79 Å². The molecule has 2 bridgehead atoms. The van der Waals surface area contributed by atoms with Gasteiger partial charge in [-0.3, -0.25) is 4.90 Å². The summed E-state index contributed by atoms with van der Waals surface area (Å²) in [6.45, 7) is 2.99. The standard InChI is InChI=1S/C18H22INO3/c19-10-4-9-18(22,15-5-2-1-3-6-15)17(21)23-16-13-20-11-7-14(16)8-12-20/h1-6,10,14,16,22H,7-9,11-13H2/b10-4-/t16-,18-/m0/s1/i19-2. The molecule has 0 amide bonds. The fourth-order valence-electron chi connectivity index (χ4n) is 3.53. The van der Waals surface area contributed by atoms with Crippen molar-refractivity contribution in [2.75, 3.05) is 19.6 Å². The number of nitrogens with zero attached hydrogens (tertiary/aromatic N) is 1. The lowest BCUT2D eigenvalue weighted by atomic mass is 9.85. The minimum Gasteiger partial charge on any atom is -0.458 e. The zero-order valence-electron chi connectivity index (χ0n) is 13.0. The molecule has 3 heterocycles. The lowest BCUT2D eigenvalue weighted by molar-refractivity contribution is -0.181. The van der Waals surface area contributed by atoms with Gasteiger partial charge in [-0.2, -0.15) is 0 Å². The minimum atomic E-state index is -1.62. The molecule has 1 aromatic rings. The van der Waals surface area contributed by atoms with Crippen molar-refractivity contribution in [1.82, 2.24) is 4.90 Å². The van der Waals surface area contributed by atoms with E-state index in [1.807, 2.05) is 22.3 Å². The summed E-state index contributed by atoms with van der Waals surface area (Å²) in [5, 5.41) is 11.0. The number of carbonyl (C=O) groups is 1. The van der Waals surface area contributed by atoms with E-state index >= 15 is 0 Å². The maximum Gasteiger partial charge on any atom is 0.343 e. The Kier molecular flexibility index (Phi) is 5.38. The molecule has 1 N–H and O–H groups in total. The van der Waals surface area contributed by atoms with Crippen LogP contribution in [0.5, 0.6) is 0 Å². The summed E-state index contributed by atoms with van der Waals surface area (Å²) < 4.78 is 7.59. The Labute approximate surface area is 150 Å². The van der Waals surface area contributed by atoms with Gasteiger partial charge in [-0.1, -0.05) is 59.0 Å². The molecule has 3 aliphatic heterocycles. The topological polar surface area (TPSA) is 49.8 Å². The van der Waals surface area contributed by atoms with Crippen molar-refractivity contribution in [1.29, 1.82) is 0 Å². The first-order valence-electron chi connectivity index (χ1n) is 8.10. The molecule has 0 unspecified atom stereocenters. The Bertz CT molecular complexity index is 569. The van der Waals surface area contributed by atoms with Crippen molar-refractivity contribution < 1.29 is 14.6 Å². The van der Waals surface area contributed by atoms with Gasteiger partial charge in [0.1, 0.15) is 6.10 Å². The molecule has 3 fully saturated rings. The number of fused-ring (bicyclic) bond motifs is 3. The van der Waals surface area contributed by atoms with E-state index in [9.17, 15) is 9.90 Å². The number of piperidine rings is 3. The molecule has 0 spiro atoms. The van der Waals surface area contributed by atoms with E-state index in [2.05, 4.69) is 27.5 Å². The van der Waals surface area contributed by atoms with Gasteiger partial charge in [0.25, 0.3) is 0 Å². The molecule has 0 aromatic heterocycles. The number of esters is 1. The molecule has 0 aliphatic carbocycles. The van der Waals surface area contributed by atoms with Crippen molar-refractivity contribution >= 4 is 28.6 Å². The normalized spacial score (nSPS) is 29.4. The highest BCUT2D eigenvalue weighted by atomic mass is 125. The highest BCUT2D eigenvalue weighted by molar-refractivity contribution is 14.1. The van der Waals surface area contributed by atoms with E-state index in [4.69, 9.17) is 4.74 Å². The first-order valence-corrected chi connectivity index (χ1v) is 9.34. The van der Waals surface area contributed by atoms with Gasteiger partial charge in [-0.05, 0) is 41.5 Å². The smallest absolute Gasteiger partial charge is 0.343 e. The number of aliphatic hydroxyl groups is 1. The fraction of sp³-hybridized carbons (Fsp3) is 0.500. The zero-order chi connectivity index (χ0) is 16.3. The minimum absolute atomic E-state index is 0.0937. The summed E-state index contributed by atoms with van der Waals surface area (Å²) in [5.74, 6) is -0.0963. The average molecular weight is 425 g/mol. The number of rotatable bonds is 5. The lowest BCUT2D eigenvalue weighted by Crippen LogP contribution is -2.53. The van der Waals surface area contributed by atoms with E-state index in [-0.39, 0.29) is 12.5 Å². The van der Waals surface area contributed by atoms with Crippen LogP contribution in [0.2, 0.25) is 0 Å². The van der Waals surface area contributed by atoms with Crippen LogP contribution >= 0.6 is 22.6 Å². The van der Waals surface area contributed by atoms with Crippen LogP contribution in [0, 0.1) is 5.92 Å². The number of halogens is 1. The van der Waals surface area contributed by atoms with Gasteiger partial charge in [-0.15, -0.1) is 0 Å². The number of carbonyl (C=O) groups excluding carboxylic acids is 1. The highest BCUT2D eigenvalue weighted by Gasteiger charge is 2.43. The molecular weight excluding hydrogens is 403 g/mol. The van der Waals surface area contributed by atoms with Crippen molar-refractivity contribution in [2.45, 2.75) is 31.0 Å². The predicted octanol–water partition coefficient (Wildman–Crippen LogP) is 2.85. The molecule has 4 rings (SSSR count). The Hall–Kier alpha value is -0.920. The fourth-order valence-corrected chi connectivity index (χ4v) is 3.78. The Morgan fingerprint density at radius 2 is 2.04 bits per heavy atom. The monoisotopic (exact) mass is 425 g/mol. The molecule has 124 valence electrons. The predicted molar refractivity (Wildman–Crippen MR) is 97.2 cm³/mol. The van der Waals surface area contributed by atoms with Gasteiger partial charge in [0.15, 0.2) is 5.60 Å². The summed E-state index contributed by atoms with van der Waals surface area (Å²) >= 11 is 2.09. The van der Waals surface area contributed by atoms with Crippen LogP contribution in [0.4, 0.5) is 0 Å². The Balaban J connectivity index is 1.78. The number of benzene rings is 1. The Morgan fingerprint density at radius 1 is 1.35 bits per heavy atom. The van der Waals surface area contributed by atoms with Crippen molar-refractivity contribution in [3.05, 3.63) is 46.1 Å². The molecule has 4 nitrogen and oxygen atoms in total. The second kappa shape index (κ2) is 7.32. The van der Waals surface area contributed by atoms with Crippen molar-refractivity contribution in [3.63, 3.8) is 0 Å². The SMILES string of the molecule is O=C(O[C@H]1CN2CCC1CC2)[C@](O)(C/C=C\[125I])c1ccccc1. The van der Waals surface area contributed by atoms with Crippen LogP contribution in [-0.2, 0) is 15.1 Å². The summed E-state index contributed by atoms with van der Waals surface area (Å²) in [4.78, 5) is 15.1. The molecular formula is C18H22INO3. The average Bonchev–Trinajstić information content (AvgIpc) is 2.61. The van der Waals surface area contributed by atoms with Crippen molar-refractivity contribution in [3.8, 4) is 0 Å². The van der Waals surface area contributed by atoms with Crippen LogP contribution in [0.25, 0.3) is 0 Å². The summed E-state index contributed by atoms with van der Waals surface area (Å²) in [5.41, 5.74) is -1.03.